The van der Waals surface area contributed by atoms with Crippen molar-refractivity contribution in [1.82, 2.24) is 0 Å². The molecule has 1 N–H and O–H groups in total. The minimum atomic E-state index is -4.34. The van der Waals surface area contributed by atoms with Gasteiger partial charge in [-0.2, -0.15) is 0 Å². The lowest BCUT2D eigenvalue weighted by atomic mass is 10.3. The van der Waals surface area contributed by atoms with Gasteiger partial charge in [-0.15, -0.1) is 0 Å². The Bertz CT molecular complexity index is 955. The van der Waals surface area contributed by atoms with Gasteiger partial charge in [0.05, 0.1) is 15.6 Å². The van der Waals surface area contributed by atoms with Gasteiger partial charge >= 0.3 is 0 Å². The molecule has 0 aromatic heterocycles. The van der Waals surface area contributed by atoms with Gasteiger partial charge in [-0.25, -0.2) is 25.6 Å². The molecule has 5 nitrogen and oxygen atoms in total. The van der Waals surface area contributed by atoms with Crippen LogP contribution in [0.1, 0.15) is 0 Å². The Hall–Kier alpha value is -1.71. The zero-order valence-electron chi connectivity index (χ0n) is 11.5. The summed E-state index contributed by atoms with van der Waals surface area (Å²) in [5, 5.41) is -0.234. The molecule has 0 aliphatic carbocycles. The standard InChI is InChI=1S/C13H10ClF2NO4S2/c1-22(18,19)11-2-3-12(14)13(7-11)23(20,21)17-10-5-8(15)4-9(16)6-10/h2-7,17H,1H3. The van der Waals surface area contributed by atoms with Gasteiger partial charge in [-0.05, 0) is 30.3 Å². The quantitative estimate of drug-likeness (QED) is 0.883. The zero-order valence-corrected chi connectivity index (χ0v) is 13.9. The van der Waals surface area contributed by atoms with E-state index in [1.165, 1.54) is 0 Å². The number of sulfonamides is 1. The normalized spacial score (nSPS) is 12.2. The second-order valence-corrected chi connectivity index (χ2v) is 8.70. The number of sulfone groups is 1. The first-order valence-corrected chi connectivity index (χ1v) is 9.73. The number of rotatable bonds is 4. The summed E-state index contributed by atoms with van der Waals surface area (Å²) in [5.41, 5.74) is -0.358. The van der Waals surface area contributed by atoms with Crippen LogP contribution in [0.2, 0.25) is 5.02 Å². The summed E-state index contributed by atoms with van der Waals surface area (Å²) in [6.07, 6.45) is 0.905. The van der Waals surface area contributed by atoms with Gasteiger partial charge in [-0.1, -0.05) is 11.6 Å². The van der Waals surface area contributed by atoms with Crippen LogP contribution < -0.4 is 4.72 Å². The third-order valence-electron chi connectivity index (χ3n) is 2.74. The number of anilines is 1. The van der Waals surface area contributed by atoms with Crippen LogP contribution in [0.3, 0.4) is 0 Å². The van der Waals surface area contributed by atoms with Crippen molar-refractivity contribution in [3.63, 3.8) is 0 Å². The van der Waals surface area contributed by atoms with Crippen molar-refractivity contribution in [2.75, 3.05) is 11.0 Å². The van der Waals surface area contributed by atoms with Crippen molar-refractivity contribution in [1.29, 1.82) is 0 Å². The van der Waals surface area contributed by atoms with Crippen LogP contribution >= 0.6 is 11.6 Å². The Balaban J connectivity index is 2.51. The van der Waals surface area contributed by atoms with Crippen LogP contribution in [0.4, 0.5) is 14.5 Å². The minimum absolute atomic E-state index is 0.234. The maximum absolute atomic E-state index is 13.1. The fraction of sp³-hybridized carbons (Fsp3) is 0.0769. The van der Waals surface area contributed by atoms with Crippen molar-refractivity contribution in [2.45, 2.75) is 9.79 Å². The lowest BCUT2D eigenvalue weighted by molar-refractivity contribution is 0.584. The lowest BCUT2D eigenvalue weighted by Gasteiger charge is -2.11. The number of halogens is 3. The third kappa shape index (κ3) is 4.18. The summed E-state index contributed by atoms with van der Waals surface area (Å²) in [4.78, 5) is -0.778. The highest BCUT2D eigenvalue weighted by Gasteiger charge is 2.21. The predicted octanol–water partition coefficient (Wildman–Crippen LogP) is 2.82. The average molecular weight is 382 g/mol. The van der Waals surface area contributed by atoms with E-state index in [-0.39, 0.29) is 15.6 Å². The Labute approximate surface area is 136 Å². The molecule has 0 atom stereocenters. The molecule has 0 fully saturated rings. The maximum atomic E-state index is 13.1. The highest BCUT2D eigenvalue weighted by Crippen LogP contribution is 2.27. The largest absolute Gasteiger partial charge is 0.279 e. The van der Waals surface area contributed by atoms with E-state index in [2.05, 4.69) is 0 Å². The molecule has 0 saturated heterocycles. The SMILES string of the molecule is CS(=O)(=O)c1ccc(Cl)c(S(=O)(=O)Nc2cc(F)cc(F)c2)c1. The third-order valence-corrected chi connectivity index (χ3v) is 5.71. The first kappa shape index (κ1) is 17.6. The molecule has 0 amide bonds. The van der Waals surface area contributed by atoms with Crippen molar-refractivity contribution in [3.8, 4) is 0 Å². The van der Waals surface area contributed by atoms with E-state index in [0.717, 1.165) is 36.6 Å². The first-order chi connectivity index (χ1) is 10.5. The molecule has 2 aromatic carbocycles. The van der Waals surface area contributed by atoms with Crippen LogP contribution in [0, 0.1) is 11.6 Å². The van der Waals surface area contributed by atoms with Crippen LogP contribution in [-0.2, 0) is 19.9 Å². The molecule has 0 unspecified atom stereocenters. The summed E-state index contributed by atoms with van der Waals surface area (Å²) in [5.74, 6) is -1.95. The van der Waals surface area contributed by atoms with Crippen LogP contribution in [0.5, 0.6) is 0 Å². The van der Waals surface area contributed by atoms with E-state index in [4.69, 9.17) is 11.6 Å². The number of hydrogen-bond donors (Lipinski definition) is 1. The molecular formula is C13H10ClF2NO4S2. The monoisotopic (exact) mass is 381 g/mol. The minimum Gasteiger partial charge on any atom is -0.279 e. The number of benzene rings is 2. The predicted molar refractivity (Wildman–Crippen MR) is 81.7 cm³/mol. The Morgan fingerprint density at radius 2 is 1.52 bits per heavy atom. The van der Waals surface area contributed by atoms with Crippen molar-refractivity contribution < 1.29 is 25.6 Å². The topological polar surface area (TPSA) is 80.3 Å². The van der Waals surface area contributed by atoms with Crippen molar-refractivity contribution in [3.05, 3.63) is 53.1 Å². The van der Waals surface area contributed by atoms with Crippen molar-refractivity contribution >= 4 is 37.1 Å². The van der Waals surface area contributed by atoms with E-state index in [0.29, 0.717) is 6.07 Å². The molecule has 0 saturated carbocycles. The van der Waals surface area contributed by atoms with Gasteiger partial charge in [0.2, 0.25) is 0 Å². The number of nitrogens with one attached hydrogen (secondary N) is 1. The zero-order chi connectivity index (χ0) is 17.4. The smallest absolute Gasteiger partial charge is 0.263 e. The average Bonchev–Trinajstić information content (AvgIpc) is 2.35. The van der Waals surface area contributed by atoms with Gasteiger partial charge in [0.1, 0.15) is 16.5 Å². The molecule has 2 rings (SSSR count). The first-order valence-electron chi connectivity index (χ1n) is 5.97. The Morgan fingerprint density at radius 1 is 0.957 bits per heavy atom. The second-order valence-electron chi connectivity index (χ2n) is 4.63. The molecule has 23 heavy (non-hydrogen) atoms. The Kier molecular flexibility index (Phi) is 4.65. The molecule has 10 heteroatoms. The van der Waals surface area contributed by atoms with E-state index < -0.39 is 36.4 Å². The summed E-state index contributed by atoms with van der Waals surface area (Å²) in [6, 6.07) is 5.26. The van der Waals surface area contributed by atoms with E-state index in [1.807, 2.05) is 4.72 Å². The molecule has 124 valence electrons. The molecule has 2 aromatic rings. The molecular weight excluding hydrogens is 372 g/mol. The van der Waals surface area contributed by atoms with Gasteiger partial charge < -0.3 is 0 Å². The van der Waals surface area contributed by atoms with Gasteiger partial charge in [0, 0.05) is 12.3 Å². The summed E-state index contributed by atoms with van der Waals surface area (Å²) in [6.45, 7) is 0. The highest BCUT2D eigenvalue weighted by atomic mass is 35.5. The molecule has 0 radical (unpaired) electrons. The van der Waals surface area contributed by atoms with E-state index in [9.17, 15) is 25.6 Å². The molecule has 0 aliphatic heterocycles. The molecule has 0 bridgehead atoms. The summed E-state index contributed by atoms with van der Waals surface area (Å²) < 4.78 is 75.8. The lowest BCUT2D eigenvalue weighted by Crippen LogP contribution is -2.14. The van der Waals surface area contributed by atoms with Crippen LogP contribution in [-0.4, -0.2) is 23.1 Å². The highest BCUT2D eigenvalue weighted by molar-refractivity contribution is 7.93. The fourth-order valence-corrected chi connectivity index (χ4v) is 4.03. The molecule has 0 heterocycles. The number of hydrogen-bond acceptors (Lipinski definition) is 4. The second kappa shape index (κ2) is 6.06. The Morgan fingerprint density at radius 3 is 2.04 bits per heavy atom. The van der Waals surface area contributed by atoms with Gasteiger partial charge in [-0.3, -0.25) is 4.72 Å². The van der Waals surface area contributed by atoms with E-state index in [1.54, 1.807) is 0 Å². The van der Waals surface area contributed by atoms with Gasteiger partial charge in [0.25, 0.3) is 10.0 Å². The summed E-state index contributed by atoms with van der Waals surface area (Å²) >= 11 is 5.80. The molecule has 0 aliphatic rings. The maximum Gasteiger partial charge on any atom is 0.263 e. The van der Waals surface area contributed by atoms with Gasteiger partial charge in [0.15, 0.2) is 9.84 Å². The van der Waals surface area contributed by atoms with Crippen LogP contribution in [0.25, 0.3) is 0 Å². The fourth-order valence-electron chi connectivity index (χ4n) is 1.74. The summed E-state index contributed by atoms with van der Waals surface area (Å²) in [7, 11) is -8.00. The van der Waals surface area contributed by atoms with Crippen molar-refractivity contribution in [2.24, 2.45) is 0 Å². The molecule has 0 spiro atoms. The van der Waals surface area contributed by atoms with Crippen LogP contribution in [0.15, 0.2) is 46.2 Å². The van der Waals surface area contributed by atoms with E-state index >= 15 is 0 Å².